The SMILES string of the molecule is CCOC(=O)OC(C)C(=O)NCc1ccccc1. The standard InChI is InChI=1S/C13H17NO4/c1-3-17-13(16)18-10(2)12(15)14-9-11-7-5-4-6-8-11/h4-8,10H,3,9H2,1-2H3,(H,14,15). The Labute approximate surface area is 106 Å². The first-order valence-electron chi connectivity index (χ1n) is 5.78. The predicted octanol–water partition coefficient (Wildman–Crippen LogP) is 1.86. The van der Waals surface area contributed by atoms with Crippen molar-refractivity contribution in [2.24, 2.45) is 0 Å². The van der Waals surface area contributed by atoms with Gasteiger partial charge in [0.2, 0.25) is 0 Å². The van der Waals surface area contributed by atoms with Crippen molar-refractivity contribution in [2.45, 2.75) is 26.5 Å². The van der Waals surface area contributed by atoms with E-state index in [1.807, 2.05) is 30.3 Å². The van der Waals surface area contributed by atoms with Crippen LogP contribution in [-0.2, 0) is 20.8 Å². The van der Waals surface area contributed by atoms with Gasteiger partial charge in [-0.2, -0.15) is 0 Å². The Bertz CT molecular complexity index is 391. The van der Waals surface area contributed by atoms with Crippen LogP contribution >= 0.6 is 0 Å². The Hall–Kier alpha value is -2.04. The topological polar surface area (TPSA) is 64.6 Å². The Morgan fingerprint density at radius 1 is 1.28 bits per heavy atom. The highest BCUT2D eigenvalue weighted by Gasteiger charge is 2.17. The number of carbonyl (C=O) groups is 2. The molecule has 1 aromatic carbocycles. The quantitative estimate of drug-likeness (QED) is 0.811. The molecule has 1 rings (SSSR count). The number of hydrogen-bond acceptors (Lipinski definition) is 4. The molecule has 1 unspecified atom stereocenters. The Morgan fingerprint density at radius 2 is 1.94 bits per heavy atom. The van der Waals surface area contributed by atoms with Gasteiger partial charge in [0, 0.05) is 6.54 Å². The van der Waals surface area contributed by atoms with E-state index in [0.717, 1.165) is 5.56 Å². The number of amides is 1. The largest absolute Gasteiger partial charge is 0.509 e. The van der Waals surface area contributed by atoms with Crippen molar-refractivity contribution in [3.8, 4) is 0 Å². The molecule has 0 saturated heterocycles. The fourth-order valence-corrected chi connectivity index (χ4v) is 1.28. The Kier molecular flexibility index (Phi) is 5.70. The summed E-state index contributed by atoms with van der Waals surface area (Å²) in [5, 5.41) is 2.67. The summed E-state index contributed by atoms with van der Waals surface area (Å²) in [6.07, 6.45) is -1.70. The Balaban J connectivity index is 2.34. The molecule has 98 valence electrons. The molecule has 1 amide bonds. The molecule has 0 aromatic heterocycles. The highest BCUT2D eigenvalue weighted by Crippen LogP contribution is 1.99. The first-order chi connectivity index (χ1) is 8.63. The fourth-order valence-electron chi connectivity index (χ4n) is 1.28. The van der Waals surface area contributed by atoms with Gasteiger partial charge in [-0.05, 0) is 19.4 Å². The van der Waals surface area contributed by atoms with E-state index >= 15 is 0 Å². The van der Waals surface area contributed by atoms with Crippen LogP contribution < -0.4 is 5.32 Å². The van der Waals surface area contributed by atoms with E-state index in [4.69, 9.17) is 4.74 Å². The number of carbonyl (C=O) groups excluding carboxylic acids is 2. The van der Waals surface area contributed by atoms with Crippen molar-refractivity contribution >= 4 is 12.1 Å². The van der Waals surface area contributed by atoms with Crippen LogP contribution in [0.25, 0.3) is 0 Å². The highest BCUT2D eigenvalue weighted by molar-refractivity contribution is 5.82. The van der Waals surface area contributed by atoms with Gasteiger partial charge in [-0.25, -0.2) is 4.79 Å². The first-order valence-corrected chi connectivity index (χ1v) is 5.78. The zero-order valence-electron chi connectivity index (χ0n) is 10.5. The van der Waals surface area contributed by atoms with Gasteiger partial charge in [0.1, 0.15) is 0 Å². The summed E-state index contributed by atoms with van der Waals surface area (Å²) >= 11 is 0. The van der Waals surface area contributed by atoms with Gasteiger partial charge in [0.25, 0.3) is 5.91 Å². The van der Waals surface area contributed by atoms with E-state index in [2.05, 4.69) is 10.1 Å². The van der Waals surface area contributed by atoms with Crippen LogP contribution in [0.4, 0.5) is 4.79 Å². The molecule has 0 heterocycles. The molecule has 0 spiro atoms. The maximum atomic E-state index is 11.6. The fraction of sp³-hybridized carbons (Fsp3) is 0.385. The monoisotopic (exact) mass is 251 g/mol. The average Bonchev–Trinajstić information content (AvgIpc) is 2.37. The molecule has 0 fully saturated rings. The number of hydrogen-bond donors (Lipinski definition) is 1. The summed E-state index contributed by atoms with van der Waals surface area (Å²) in [5.41, 5.74) is 0.981. The molecule has 1 atom stereocenters. The zero-order valence-corrected chi connectivity index (χ0v) is 10.5. The van der Waals surface area contributed by atoms with Crippen LogP contribution in [0.5, 0.6) is 0 Å². The second-order valence-corrected chi connectivity index (χ2v) is 3.65. The molecule has 18 heavy (non-hydrogen) atoms. The van der Waals surface area contributed by atoms with Crippen molar-refractivity contribution in [3.05, 3.63) is 35.9 Å². The van der Waals surface area contributed by atoms with Crippen molar-refractivity contribution < 1.29 is 19.1 Å². The summed E-state index contributed by atoms with van der Waals surface area (Å²) in [7, 11) is 0. The van der Waals surface area contributed by atoms with Gasteiger partial charge in [0.15, 0.2) is 6.10 Å². The summed E-state index contributed by atoms with van der Waals surface area (Å²) in [6, 6.07) is 9.48. The third-order valence-electron chi connectivity index (χ3n) is 2.21. The molecule has 0 bridgehead atoms. The Morgan fingerprint density at radius 3 is 2.56 bits per heavy atom. The van der Waals surface area contributed by atoms with E-state index < -0.39 is 12.3 Å². The van der Waals surface area contributed by atoms with Gasteiger partial charge < -0.3 is 14.8 Å². The van der Waals surface area contributed by atoms with Gasteiger partial charge in [-0.3, -0.25) is 4.79 Å². The second-order valence-electron chi connectivity index (χ2n) is 3.65. The highest BCUT2D eigenvalue weighted by atomic mass is 16.7. The van der Waals surface area contributed by atoms with E-state index in [1.54, 1.807) is 6.92 Å². The summed E-state index contributed by atoms with van der Waals surface area (Å²) < 4.78 is 9.35. The minimum absolute atomic E-state index is 0.219. The lowest BCUT2D eigenvalue weighted by molar-refractivity contribution is -0.130. The molecule has 0 aliphatic heterocycles. The maximum absolute atomic E-state index is 11.6. The first kappa shape index (κ1) is 14.0. The molecule has 1 N–H and O–H groups in total. The minimum atomic E-state index is -0.868. The minimum Gasteiger partial charge on any atom is -0.435 e. The number of nitrogens with one attached hydrogen (secondary N) is 1. The summed E-state index contributed by atoms with van der Waals surface area (Å²) in [5.74, 6) is -0.355. The van der Waals surface area contributed by atoms with Crippen molar-refractivity contribution in [1.82, 2.24) is 5.32 Å². The molecule has 5 heteroatoms. The average molecular weight is 251 g/mol. The van der Waals surface area contributed by atoms with Crippen LogP contribution in [0.3, 0.4) is 0 Å². The van der Waals surface area contributed by atoms with Crippen LogP contribution in [0.15, 0.2) is 30.3 Å². The number of rotatable bonds is 5. The smallest absolute Gasteiger partial charge is 0.435 e. The summed E-state index contributed by atoms with van der Waals surface area (Å²) in [6.45, 7) is 3.78. The molecule has 0 radical (unpaired) electrons. The van der Waals surface area contributed by atoms with Gasteiger partial charge >= 0.3 is 6.16 Å². The number of benzene rings is 1. The van der Waals surface area contributed by atoms with Gasteiger partial charge in [0.05, 0.1) is 6.61 Å². The normalized spacial score (nSPS) is 11.4. The number of ether oxygens (including phenoxy) is 2. The molecule has 0 saturated carbocycles. The third kappa shape index (κ3) is 4.86. The molecule has 0 aliphatic carbocycles. The van der Waals surface area contributed by atoms with Crippen LogP contribution in [0, 0.1) is 0 Å². The van der Waals surface area contributed by atoms with E-state index in [-0.39, 0.29) is 12.5 Å². The second kappa shape index (κ2) is 7.32. The molecule has 1 aromatic rings. The molecular formula is C13H17NO4. The maximum Gasteiger partial charge on any atom is 0.509 e. The lowest BCUT2D eigenvalue weighted by Crippen LogP contribution is -2.35. The van der Waals surface area contributed by atoms with Gasteiger partial charge in [-0.15, -0.1) is 0 Å². The van der Waals surface area contributed by atoms with E-state index in [9.17, 15) is 9.59 Å². The van der Waals surface area contributed by atoms with Crippen molar-refractivity contribution in [3.63, 3.8) is 0 Å². The lowest BCUT2D eigenvalue weighted by atomic mass is 10.2. The zero-order chi connectivity index (χ0) is 13.4. The predicted molar refractivity (Wildman–Crippen MR) is 65.9 cm³/mol. The van der Waals surface area contributed by atoms with Crippen molar-refractivity contribution in [2.75, 3.05) is 6.61 Å². The van der Waals surface area contributed by atoms with Crippen molar-refractivity contribution in [1.29, 1.82) is 0 Å². The summed E-state index contributed by atoms with van der Waals surface area (Å²) in [4.78, 5) is 22.6. The van der Waals surface area contributed by atoms with E-state index in [1.165, 1.54) is 6.92 Å². The molecular weight excluding hydrogens is 234 g/mol. The van der Waals surface area contributed by atoms with Crippen LogP contribution in [0.2, 0.25) is 0 Å². The van der Waals surface area contributed by atoms with Crippen LogP contribution in [-0.4, -0.2) is 24.8 Å². The van der Waals surface area contributed by atoms with E-state index in [0.29, 0.717) is 6.54 Å². The molecule has 5 nitrogen and oxygen atoms in total. The van der Waals surface area contributed by atoms with Gasteiger partial charge in [-0.1, -0.05) is 30.3 Å². The third-order valence-corrected chi connectivity index (χ3v) is 2.21. The lowest BCUT2D eigenvalue weighted by Gasteiger charge is -2.12. The molecule has 0 aliphatic rings. The van der Waals surface area contributed by atoms with Crippen LogP contribution in [0.1, 0.15) is 19.4 Å².